The lowest BCUT2D eigenvalue weighted by Crippen LogP contribution is -2.41. The highest BCUT2D eigenvalue weighted by Crippen LogP contribution is 2.36. The van der Waals surface area contributed by atoms with Crippen molar-refractivity contribution in [2.45, 2.75) is 19.4 Å². The number of benzene rings is 1. The summed E-state index contributed by atoms with van der Waals surface area (Å²) in [6, 6.07) is 2.00. The molecule has 6 nitrogen and oxygen atoms in total. The predicted octanol–water partition coefficient (Wildman–Crippen LogP) is 2.29. The third-order valence-corrected chi connectivity index (χ3v) is 3.42. The first kappa shape index (κ1) is 17.1. The molecule has 1 atom stereocenters. The maximum Gasteiger partial charge on any atom is 0.326 e. The molecular weight excluding hydrogens is 298 g/mol. The number of hydrogen-bond donors (Lipinski definition) is 1. The Morgan fingerprint density at radius 1 is 1.33 bits per heavy atom. The van der Waals surface area contributed by atoms with Gasteiger partial charge in [0.15, 0.2) is 11.5 Å². The standard InChI is InChI=1S/C14H18ClNO5/c1-5-10(14(18)19)16(2)13(17)8-6-9(15)12(21-4)11(7-8)20-3/h6-7,10H,5H2,1-4H3,(H,18,19). The Morgan fingerprint density at radius 2 is 1.95 bits per heavy atom. The van der Waals surface area contributed by atoms with Crippen molar-refractivity contribution in [2.24, 2.45) is 0 Å². The number of carboxylic acid groups (broad SMARTS) is 1. The lowest BCUT2D eigenvalue weighted by atomic mass is 10.1. The monoisotopic (exact) mass is 315 g/mol. The third kappa shape index (κ3) is 3.58. The number of methoxy groups -OCH3 is 2. The van der Waals surface area contributed by atoms with E-state index in [2.05, 4.69) is 0 Å². The summed E-state index contributed by atoms with van der Waals surface area (Å²) in [6.07, 6.45) is 0.304. The molecule has 1 N–H and O–H groups in total. The first-order chi connectivity index (χ1) is 9.87. The van der Waals surface area contributed by atoms with Crippen LogP contribution in [-0.4, -0.2) is 49.2 Å². The molecule has 0 aliphatic carbocycles. The molecule has 7 heteroatoms. The van der Waals surface area contributed by atoms with Gasteiger partial charge in [-0.25, -0.2) is 4.79 Å². The van der Waals surface area contributed by atoms with Crippen molar-refractivity contribution in [3.63, 3.8) is 0 Å². The number of hydrogen-bond acceptors (Lipinski definition) is 4. The van der Waals surface area contributed by atoms with Crippen LogP contribution in [-0.2, 0) is 4.79 Å². The van der Waals surface area contributed by atoms with Gasteiger partial charge >= 0.3 is 5.97 Å². The van der Waals surface area contributed by atoms with Gasteiger partial charge in [-0.15, -0.1) is 0 Å². The zero-order chi connectivity index (χ0) is 16.2. The van der Waals surface area contributed by atoms with Crippen LogP contribution in [0, 0.1) is 0 Å². The molecule has 0 saturated carbocycles. The molecule has 0 bridgehead atoms. The highest BCUT2D eigenvalue weighted by Gasteiger charge is 2.26. The number of carbonyl (C=O) groups is 2. The molecule has 0 aromatic heterocycles. The molecule has 0 heterocycles. The number of ether oxygens (including phenoxy) is 2. The summed E-state index contributed by atoms with van der Waals surface area (Å²) >= 11 is 6.05. The van der Waals surface area contributed by atoms with Gasteiger partial charge in [0.1, 0.15) is 6.04 Å². The Labute approximate surface area is 128 Å². The molecule has 0 aliphatic heterocycles. The van der Waals surface area contributed by atoms with Gasteiger partial charge < -0.3 is 19.5 Å². The Hall–Kier alpha value is -1.95. The van der Waals surface area contributed by atoms with E-state index in [-0.39, 0.29) is 10.6 Å². The molecule has 116 valence electrons. The summed E-state index contributed by atoms with van der Waals surface area (Å²) in [4.78, 5) is 24.7. The molecule has 0 spiro atoms. The minimum atomic E-state index is -1.06. The smallest absolute Gasteiger partial charge is 0.326 e. The van der Waals surface area contributed by atoms with Crippen LogP contribution in [0.5, 0.6) is 11.5 Å². The van der Waals surface area contributed by atoms with Gasteiger partial charge in [-0.3, -0.25) is 4.79 Å². The molecule has 1 unspecified atom stereocenters. The van der Waals surface area contributed by atoms with Crippen LogP contribution in [0.3, 0.4) is 0 Å². The van der Waals surface area contributed by atoms with Gasteiger partial charge in [0, 0.05) is 12.6 Å². The molecule has 0 radical (unpaired) electrons. The minimum absolute atomic E-state index is 0.219. The number of rotatable bonds is 6. The second kappa shape index (κ2) is 7.17. The van der Waals surface area contributed by atoms with Crippen LogP contribution in [0.25, 0.3) is 0 Å². The summed E-state index contributed by atoms with van der Waals surface area (Å²) in [5, 5.41) is 9.33. The van der Waals surface area contributed by atoms with Gasteiger partial charge in [-0.2, -0.15) is 0 Å². The van der Waals surface area contributed by atoms with Crippen molar-refractivity contribution in [3.05, 3.63) is 22.7 Å². The second-order valence-corrected chi connectivity index (χ2v) is 4.78. The fourth-order valence-corrected chi connectivity index (χ4v) is 2.29. The Balaban J connectivity index is 3.19. The van der Waals surface area contributed by atoms with Crippen LogP contribution in [0.15, 0.2) is 12.1 Å². The second-order valence-electron chi connectivity index (χ2n) is 4.37. The van der Waals surface area contributed by atoms with Crippen molar-refractivity contribution in [3.8, 4) is 11.5 Å². The quantitative estimate of drug-likeness (QED) is 0.871. The molecule has 1 rings (SSSR count). The Morgan fingerprint density at radius 3 is 2.38 bits per heavy atom. The minimum Gasteiger partial charge on any atom is -0.493 e. The Kier molecular flexibility index (Phi) is 5.84. The lowest BCUT2D eigenvalue weighted by Gasteiger charge is -2.24. The molecule has 0 saturated heterocycles. The van der Waals surface area contributed by atoms with E-state index in [4.69, 9.17) is 26.2 Å². The number of nitrogens with zero attached hydrogens (tertiary/aromatic N) is 1. The van der Waals surface area contributed by atoms with Gasteiger partial charge in [0.05, 0.1) is 19.2 Å². The fraction of sp³-hybridized carbons (Fsp3) is 0.429. The van der Waals surface area contributed by atoms with Crippen LogP contribution in [0.4, 0.5) is 0 Å². The van der Waals surface area contributed by atoms with Crippen molar-refractivity contribution < 1.29 is 24.2 Å². The van der Waals surface area contributed by atoms with E-state index >= 15 is 0 Å². The zero-order valence-electron chi connectivity index (χ0n) is 12.3. The average Bonchev–Trinajstić information content (AvgIpc) is 2.45. The van der Waals surface area contributed by atoms with Crippen molar-refractivity contribution in [1.82, 2.24) is 4.90 Å². The average molecular weight is 316 g/mol. The first-order valence-electron chi connectivity index (χ1n) is 6.28. The number of aliphatic carboxylic acids is 1. The fourth-order valence-electron chi connectivity index (χ4n) is 2.00. The third-order valence-electron chi connectivity index (χ3n) is 3.14. The van der Waals surface area contributed by atoms with E-state index in [1.807, 2.05) is 0 Å². The van der Waals surface area contributed by atoms with E-state index in [0.717, 1.165) is 0 Å². The van der Waals surface area contributed by atoms with Crippen molar-refractivity contribution in [1.29, 1.82) is 0 Å². The number of amides is 1. The highest BCUT2D eigenvalue weighted by atomic mass is 35.5. The van der Waals surface area contributed by atoms with Crippen LogP contribution < -0.4 is 9.47 Å². The molecule has 21 heavy (non-hydrogen) atoms. The van der Waals surface area contributed by atoms with Crippen LogP contribution in [0.2, 0.25) is 5.02 Å². The maximum absolute atomic E-state index is 12.4. The van der Waals surface area contributed by atoms with Crippen LogP contribution >= 0.6 is 11.6 Å². The van der Waals surface area contributed by atoms with Crippen molar-refractivity contribution in [2.75, 3.05) is 21.3 Å². The summed E-state index contributed by atoms with van der Waals surface area (Å²) in [5.41, 5.74) is 0.236. The normalized spacial score (nSPS) is 11.7. The molecule has 1 amide bonds. The largest absolute Gasteiger partial charge is 0.493 e. The topological polar surface area (TPSA) is 76.1 Å². The van der Waals surface area contributed by atoms with Gasteiger partial charge in [0.25, 0.3) is 5.91 Å². The number of halogens is 1. The molecule has 1 aromatic rings. The molecular formula is C14H18ClNO5. The molecule has 0 fully saturated rings. The summed E-state index contributed by atoms with van der Waals surface area (Å²) in [6.45, 7) is 1.70. The van der Waals surface area contributed by atoms with E-state index in [0.29, 0.717) is 17.9 Å². The Bertz CT molecular complexity index is 546. The number of carboxylic acids is 1. The number of carbonyl (C=O) groups excluding carboxylic acids is 1. The van der Waals surface area contributed by atoms with Gasteiger partial charge in [-0.1, -0.05) is 18.5 Å². The summed E-state index contributed by atoms with van der Waals surface area (Å²) in [5.74, 6) is -0.874. The summed E-state index contributed by atoms with van der Waals surface area (Å²) < 4.78 is 10.2. The SMILES string of the molecule is CCC(C(=O)O)N(C)C(=O)c1cc(Cl)c(OC)c(OC)c1. The predicted molar refractivity (Wildman–Crippen MR) is 78.4 cm³/mol. The van der Waals surface area contributed by atoms with Crippen molar-refractivity contribution >= 4 is 23.5 Å². The van der Waals surface area contributed by atoms with E-state index < -0.39 is 17.9 Å². The first-order valence-corrected chi connectivity index (χ1v) is 6.66. The van der Waals surface area contributed by atoms with Gasteiger partial charge in [-0.05, 0) is 18.6 Å². The number of likely N-dealkylation sites (N-methyl/N-ethyl adjacent to an activating group) is 1. The highest BCUT2D eigenvalue weighted by molar-refractivity contribution is 6.32. The van der Waals surface area contributed by atoms with E-state index in [9.17, 15) is 9.59 Å². The summed E-state index contributed by atoms with van der Waals surface area (Å²) in [7, 11) is 4.31. The van der Waals surface area contributed by atoms with Gasteiger partial charge in [0.2, 0.25) is 0 Å². The maximum atomic E-state index is 12.4. The van der Waals surface area contributed by atoms with Crippen LogP contribution in [0.1, 0.15) is 23.7 Å². The zero-order valence-corrected chi connectivity index (χ0v) is 13.1. The molecule has 0 aliphatic rings. The molecule has 1 aromatic carbocycles. The van der Waals surface area contributed by atoms with E-state index in [1.165, 1.54) is 38.3 Å². The van der Waals surface area contributed by atoms with E-state index in [1.54, 1.807) is 6.92 Å². The lowest BCUT2D eigenvalue weighted by molar-refractivity contribution is -0.142.